The summed E-state index contributed by atoms with van der Waals surface area (Å²) in [6.07, 6.45) is 0. The van der Waals surface area contributed by atoms with E-state index in [0.29, 0.717) is 17.2 Å². The molecule has 0 heterocycles. The van der Waals surface area contributed by atoms with Gasteiger partial charge < -0.3 is 14.5 Å². The Balaban J connectivity index is 1.68. The Morgan fingerprint density at radius 3 is 1.95 bits per heavy atom. The second-order valence-electron chi connectivity index (χ2n) is 10.5. The van der Waals surface area contributed by atoms with Gasteiger partial charge in [0, 0.05) is 11.3 Å². The van der Waals surface area contributed by atoms with Gasteiger partial charge in [0.25, 0.3) is 0 Å². The molecule has 7 nitrogen and oxygen atoms in total. The monoisotopic (exact) mass is 602 g/mol. The number of benzene rings is 4. The second-order valence-corrected chi connectivity index (χ2v) is 16.0. The van der Waals surface area contributed by atoms with Crippen molar-refractivity contribution in [1.29, 1.82) is 0 Å². The number of amides is 1. The largest absolute Gasteiger partial charge is 0.532 e. The molecule has 0 unspecified atom stereocenters. The summed E-state index contributed by atoms with van der Waals surface area (Å²) in [6.45, 7) is 7.33. The van der Waals surface area contributed by atoms with Crippen molar-refractivity contribution >= 4 is 40.3 Å². The molecule has 0 spiro atoms. The van der Waals surface area contributed by atoms with Crippen molar-refractivity contribution in [1.82, 2.24) is 4.72 Å². The van der Waals surface area contributed by atoms with Crippen LogP contribution in [0.4, 0.5) is 5.69 Å². The number of rotatable bonds is 12. The average molecular weight is 603 g/mol. The van der Waals surface area contributed by atoms with Crippen LogP contribution in [-0.2, 0) is 14.8 Å². The summed E-state index contributed by atoms with van der Waals surface area (Å²) in [6, 6.07) is 32.7. The van der Waals surface area contributed by atoms with E-state index < -0.39 is 30.3 Å². The molecule has 0 aliphatic rings. The summed E-state index contributed by atoms with van der Waals surface area (Å²) >= 11 is 0. The number of hydrogen-bond acceptors (Lipinski definition) is 5. The number of methoxy groups -OCH3 is 1. The lowest BCUT2D eigenvalue weighted by molar-refractivity contribution is -0.118. The van der Waals surface area contributed by atoms with Crippen molar-refractivity contribution in [3.63, 3.8) is 0 Å². The Morgan fingerprint density at radius 1 is 0.833 bits per heavy atom. The van der Waals surface area contributed by atoms with Gasteiger partial charge in [0.1, 0.15) is 11.8 Å². The molecule has 2 N–H and O–H groups in total. The molecule has 42 heavy (non-hydrogen) atoms. The predicted molar refractivity (Wildman–Crippen MR) is 173 cm³/mol. The van der Waals surface area contributed by atoms with Gasteiger partial charge in [0.05, 0.1) is 12.9 Å². The van der Waals surface area contributed by atoms with E-state index in [-0.39, 0.29) is 11.7 Å². The van der Waals surface area contributed by atoms with Crippen LogP contribution in [0.15, 0.2) is 103 Å². The molecule has 0 bridgehead atoms. The Labute approximate surface area is 250 Å². The lowest BCUT2D eigenvalue weighted by Crippen LogP contribution is -2.60. The molecule has 0 radical (unpaired) electrons. The van der Waals surface area contributed by atoms with Crippen molar-refractivity contribution in [2.45, 2.75) is 33.4 Å². The zero-order chi connectivity index (χ0) is 30.3. The van der Waals surface area contributed by atoms with E-state index in [0.717, 1.165) is 21.5 Å². The van der Waals surface area contributed by atoms with Crippen LogP contribution in [0.1, 0.15) is 20.8 Å². The van der Waals surface area contributed by atoms with Gasteiger partial charge in [-0.3, -0.25) is 4.79 Å². The molecule has 4 aromatic carbocycles. The minimum Gasteiger partial charge on any atom is -0.532 e. The van der Waals surface area contributed by atoms with Gasteiger partial charge in [-0.25, -0.2) is 13.1 Å². The zero-order valence-corrected chi connectivity index (χ0v) is 26.4. The summed E-state index contributed by atoms with van der Waals surface area (Å²) in [5.41, 5.74) is 2.14. The van der Waals surface area contributed by atoms with E-state index >= 15 is 0 Å². The maximum atomic E-state index is 13.3. The molecule has 1 atom stereocenters. The van der Waals surface area contributed by atoms with Crippen molar-refractivity contribution in [2.75, 3.05) is 18.2 Å². The maximum Gasteiger partial charge on any atom is 0.311 e. The Kier molecular flexibility index (Phi) is 9.88. The first-order valence-corrected chi connectivity index (χ1v) is 18.0. The van der Waals surface area contributed by atoms with Crippen LogP contribution in [0.2, 0.25) is 6.55 Å². The first-order chi connectivity index (χ1) is 20.1. The Bertz CT molecular complexity index is 1570. The van der Waals surface area contributed by atoms with Gasteiger partial charge in [0.15, 0.2) is 5.75 Å². The Hall–Kier alpha value is -3.92. The molecule has 9 heteroatoms. The Morgan fingerprint density at radius 2 is 1.40 bits per heavy atom. The number of hydrogen-bond donors (Lipinski definition) is 2. The van der Waals surface area contributed by atoms with Crippen LogP contribution in [0.25, 0.3) is 11.1 Å². The molecular formula is C33H38N2O5SSi. The first kappa shape index (κ1) is 31.0. The number of para-hydroxylation sites is 1. The molecule has 4 rings (SSSR count). The normalized spacial score (nSPS) is 12.5. The van der Waals surface area contributed by atoms with Gasteiger partial charge in [-0.1, -0.05) is 98.8 Å². The molecule has 0 fully saturated rings. The number of ether oxygens (including phenoxy) is 1. The minimum absolute atomic E-state index is 0.106. The van der Waals surface area contributed by atoms with E-state index in [1.807, 2.05) is 72.8 Å². The topological polar surface area (TPSA) is 93.7 Å². The molecule has 0 saturated carbocycles. The van der Waals surface area contributed by atoms with Gasteiger partial charge in [-0.2, -0.15) is 0 Å². The minimum atomic E-state index is -3.57. The van der Waals surface area contributed by atoms with Crippen LogP contribution < -0.4 is 29.6 Å². The van der Waals surface area contributed by atoms with Gasteiger partial charge in [-0.05, 0) is 53.5 Å². The van der Waals surface area contributed by atoms with Crippen LogP contribution in [-0.4, -0.2) is 41.5 Å². The smallest absolute Gasteiger partial charge is 0.311 e. The third-order valence-corrected chi connectivity index (χ3v) is 12.1. The van der Waals surface area contributed by atoms with Gasteiger partial charge in [0.2, 0.25) is 15.9 Å². The van der Waals surface area contributed by atoms with E-state index in [9.17, 15) is 13.2 Å². The molecule has 0 aliphatic heterocycles. The van der Waals surface area contributed by atoms with Crippen LogP contribution in [0, 0.1) is 5.92 Å². The van der Waals surface area contributed by atoms with E-state index in [4.69, 9.17) is 9.16 Å². The molecular weight excluding hydrogens is 565 g/mol. The van der Waals surface area contributed by atoms with Crippen molar-refractivity contribution in [3.05, 3.63) is 103 Å². The molecule has 0 aromatic heterocycles. The van der Waals surface area contributed by atoms with E-state index in [2.05, 4.69) is 40.9 Å². The van der Waals surface area contributed by atoms with E-state index in [1.54, 1.807) is 33.9 Å². The zero-order valence-electron chi connectivity index (χ0n) is 24.6. The fraction of sp³-hybridized carbons (Fsp3) is 0.242. The van der Waals surface area contributed by atoms with Crippen molar-refractivity contribution in [3.8, 4) is 22.6 Å². The molecule has 1 amide bonds. The van der Waals surface area contributed by atoms with Crippen LogP contribution >= 0.6 is 0 Å². The average Bonchev–Trinajstić information content (AvgIpc) is 3.01. The second kappa shape index (κ2) is 13.4. The molecule has 220 valence electrons. The summed E-state index contributed by atoms with van der Waals surface area (Å²) in [5, 5.41) is 5.21. The standard InChI is InChI=1S/C33H38N2O5SSi/c1-6-41(37,38)35-32(24(2)3)33(36)34-29-20-14-13-19-28(29)25-21-22-30(31(23-25)39-4)40-42(5,26-15-9-7-10-16-26)27-17-11-8-12-18-27/h7-24,32,35H,6H2,1-5H3,(H,34,36)/t32-/m0/s1. The van der Waals surface area contributed by atoms with Crippen molar-refractivity contribution < 1.29 is 22.4 Å². The molecule has 4 aromatic rings. The summed E-state index contributed by atoms with van der Waals surface area (Å²) in [7, 11) is -4.62. The summed E-state index contributed by atoms with van der Waals surface area (Å²) < 4.78 is 39.7. The lowest BCUT2D eigenvalue weighted by Gasteiger charge is -2.30. The number of anilines is 1. The van der Waals surface area contributed by atoms with E-state index in [1.165, 1.54) is 0 Å². The van der Waals surface area contributed by atoms with Crippen LogP contribution in [0.5, 0.6) is 11.5 Å². The fourth-order valence-corrected chi connectivity index (χ4v) is 8.53. The van der Waals surface area contributed by atoms with Gasteiger partial charge >= 0.3 is 8.32 Å². The number of carbonyl (C=O) groups excluding carboxylic acids is 1. The highest BCUT2D eigenvalue weighted by Crippen LogP contribution is 2.36. The quantitative estimate of drug-likeness (QED) is 0.222. The molecule has 0 aliphatic carbocycles. The highest BCUT2D eigenvalue weighted by molar-refractivity contribution is 7.89. The SMILES string of the molecule is CCS(=O)(=O)N[C@H](C(=O)Nc1ccccc1-c1ccc(O[Si](C)(c2ccccc2)c2ccccc2)c(OC)c1)C(C)C. The highest BCUT2D eigenvalue weighted by atomic mass is 32.2. The summed E-state index contributed by atoms with van der Waals surface area (Å²) in [5.74, 6) is 0.412. The van der Waals surface area contributed by atoms with Crippen LogP contribution in [0.3, 0.4) is 0 Å². The summed E-state index contributed by atoms with van der Waals surface area (Å²) in [4.78, 5) is 13.3. The first-order valence-electron chi connectivity index (χ1n) is 14.0. The van der Waals surface area contributed by atoms with Crippen molar-refractivity contribution in [2.24, 2.45) is 5.92 Å². The lowest BCUT2D eigenvalue weighted by atomic mass is 10.0. The number of sulfonamides is 1. The maximum absolute atomic E-state index is 13.3. The molecule has 0 saturated heterocycles. The highest BCUT2D eigenvalue weighted by Gasteiger charge is 2.37. The predicted octanol–water partition coefficient (Wildman–Crippen LogP) is 5.03. The van der Waals surface area contributed by atoms with Gasteiger partial charge in [-0.15, -0.1) is 0 Å². The third kappa shape index (κ3) is 7.10. The number of nitrogens with one attached hydrogen (secondary N) is 2. The third-order valence-electron chi connectivity index (χ3n) is 7.26. The fourth-order valence-electron chi connectivity index (χ4n) is 4.76. The number of carbonyl (C=O) groups is 1.